The van der Waals surface area contributed by atoms with Crippen LogP contribution in [0.4, 0.5) is 0 Å². The van der Waals surface area contributed by atoms with Crippen molar-refractivity contribution in [3.8, 4) is 0 Å². The second-order valence-corrected chi connectivity index (χ2v) is 3.99. The first-order valence-corrected chi connectivity index (χ1v) is 5.25. The summed E-state index contributed by atoms with van der Waals surface area (Å²) in [5, 5.41) is 13.6. The first-order valence-electron chi connectivity index (χ1n) is 5.25. The first-order chi connectivity index (χ1) is 6.77. The van der Waals surface area contributed by atoms with Gasteiger partial charge in [-0.05, 0) is 19.8 Å². The molecule has 1 aliphatic rings. The van der Waals surface area contributed by atoms with Gasteiger partial charge in [0.05, 0.1) is 12.0 Å². The fraction of sp³-hybridized carbons (Fsp3) is 0.800. The molecular formula is C10H16N2O2. The Balaban J connectivity index is 2.14. The summed E-state index contributed by atoms with van der Waals surface area (Å²) < 4.78 is 5.11. The zero-order chi connectivity index (χ0) is 9.97. The van der Waals surface area contributed by atoms with Gasteiger partial charge in [0.15, 0.2) is 5.82 Å². The van der Waals surface area contributed by atoms with Crippen molar-refractivity contribution in [1.29, 1.82) is 0 Å². The van der Waals surface area contributed by atoms with Gasteiger partial charge in [0.25, 0.3) is 0 Å². The van der Waals surface area contributed by atoms with Crippen molar-refractivity contribution in [3.63, 3.8) is 0 Å². The van der Waals surface area contributed by atoms with E-state index in [9.17, 15) is 5.11 Å². The number of aromatic nitrogens is 2. The van der Waals surface area contributed by atoms with Crippen molar-refractivity contribution in [2.75, 3.05) is 0 Å². The summed E-state index contributed by atoms with van der Waals surface area (Å²) in [4.78, 5) is 4.19. The highest BCUT2D eigenvalue weighted by Crippen LogP contribution is 2.30. The maximum absolute atomic E-state index is 9.88. The van der Waals surface area contributed by atoms with E-state index in [-0.39, 0.29) is 12.0 Å². The molecule has 14 heavy (non-hydrogen) atoms. The molecule has 78 valence electrons. The van der Waals surface area contributed by atoms with Crippen LogP contribution in [0.2, 0.25) is 0 Å². The molecule has 4 nitrogen and oxygen atoms in total. The van der Waals surface area contributed by atoms with Gasteiger partial charge in [-0.1, -0.05) is 24.4 Å². The highest BCUT2D eigenvalue weighted by atomic mass is 16.5. The van der Waals surface area contributed by atoms with E-state index < -0.39 is 0 Å². The summed E-state index contributed by atoms with van der Waals surface area (Å²) in [6.45, 7) is 1.80. The zero-order valence-corrected chi connectivity index (χ0v) is 8.44. The first kappa shape index (κ1) is 9.65. The third-order valence-electron chi connectivity index (χ3n) is 2.84. The van der Waals surface area contributed by atoms with E-state index >= 15 is 0 Å². The Bertz CT molecular complexity index is 298. The van der Waals surface area contributed by atoms with Gasteiger partial charge >= 0.3 is 0 Å². The smallest absolute Gasteiger partial charge is 0.232 e. The Morgan fingerprint density at radius 3 is 2.79 bits per heavy atom. The van der Waals surface area contributed by atoms with Crippen molar-refractivity contribution >= 4 is 0 Å². The third-order valence-corrected chi connectivity index (χ3v) is 2.84. The highest BCUT2D eigenvalue weighted by Gasteiger charge is 2.27. The monoisotopic (exact) mass is 196 g/mol. The average Bonchev–Trinajstić information content (AvgIpc) is 2.46. The predicted molar refractivity (Wildman–Crippen MR) is 50.9 cm³/mol. The minimum atomic E-state index is -0.308. The van der Waals surface area contributed by atoms with Crippen LogP contribution >= 0.6 is 0 Å². The topological polar surface area (TPSA) is 59.2 Å². The van der Waals surface area contributed by atoms with Crippen LogP contribution in [0.5, 0.6) is 0 Å². The molecule has 0 spiro atoms. The van der Waals surface area contributed by atoms with Crippen LogP contribution in [0.15, 0.2) is 4.52 Å². The molecule has 1 aromatic rings. The molecule has 0 saturated heterocycles. The number of aliphatic hydroxyl groups excluding tert-OH is 1. The summed E-state index contributed by atoms with van der Waals surface area (Å²) in [5.41, 5.74) is 0. The summed E-state index contributed by atoms with van der Waals surface area (Å²) in [7, 11) is 0. The predicted octanol–water partition coefficient (Wildman–Crippen LogP) is 1.79. The van der Waals surface area contributed by atoms with E-state index in [2.05, 4.69) is 10.1 Å². The molecule has 2 atom stereocenters. The van der Waals surface area contributed by atoms with Gasteiger partial charge in [0.2, 0.25) is 5.89 Å². The Morgan fingerprint density at radius 1 is 1.29 bits per heavy atom. The highest BCUT2D eigenvalue weighted by molar-refractivity contribution is 4.97. The maximum atomic E-state index is 9.88. The number of hydrogen-bond donors (Lipinski definition) is 1. The molecule has 0 aromatic carbocycles. The van der Waals surface area contributed by atoms with Gasteiger partial charge in [-0.15, -0.1) is 0 Å². The van der Waals surface area contributed by atoms with Crippen molar-refractivity contribution < 1.29 is 9.63 Å². The number of rotatable bonds is 1. The number of aryl methyl sites for hydroxylation is 1. The van der Waals surface area contributed by atoms with Gasteiger partial charge in [0, 0.05) is 0 Å². The summed E-state index contributed by atoms with van der Waals surface area (Å²) in [6, 6.07) is 0. The maximum Gasteiger partial charge on any atom is 0.232 e. The number of hydrogen-bond acceptors (Lipinski definition) is 4. The molecule has 0 aliphatic heterocycles. The van der Waals surface area contributed by atoms with Crippen LogP contribution in [-0.2, 0) is 0 Å². The molecule has 4 heteroatoms. The minimum Gasteiger partial charge on any atom is -0.392 e. The van der Waals surface area contributed by atoms with Crippen LogP contribution in [-0.4, -0.2) is 21.4 Å². The molecule has 2 unspecified atom stereocenters. The van der Waals surface area contributed by atoms with E-state index in [0.29, 0.717) is 11.7 Å². The van der Waals surface area contributed by atoms with Crippen LogP contribution < -0.4 is 0 Å². The SMILES string of the molecule is Cc1noc(C2CCCCCC2O)n1. The normalized spacial score (nSPS) is 28.7. The lowest BCUT2D eigenvalue weighted by Gasteiger charge is -2.15. The van der Waals surface area contributed by atoms with E-state index in [1.165, 1.54) is 6.42 Å². The summed E-state index contributed by atoms with van der Waals surface area (Å²) in [5.74, 6) is 1.31. The molecule has 1 heterocycles. The fourth-order valence-electron chi connectivity index (χ4n) is 2.04. The molecule has 0 radical (unpaired) electrons. The summed E-state index contributed by atoms with van der Waals surface area (Å²) in [6.07, 6.45) is 4.95. The van der Waals surface area contributed by atoms with Crippen molar-refractivity contribution in [2.24, 2.45) is 0 Å². The zero-order valence-electron chi connectivity index (χ0n) is 8.44. The fourth-order valence-corrected chi connectivity index (χ4v) is 2.04. The van der Waals surface area contributed by atoms with E-state index in [4.69, 9.17) is 4.52 Å². The Labute approximate surface area is 83.3 Å². The number of aliphatic hydroxyl groups is 1. The van der Waals surface area contributed by atoms with Crippen molar-refractivity contribution in [1.82, 2.24) is 10.1 Å². The molecule has 0 amide bonds. The van der Waals surface area contributed by atoms with Crippen molar-refractivity contribution in [3.05, 3.63) is 11.7 Å². The average molecular weight is 196 g/mol. The molecule has 1 N–H and O–H groups in total. The molecule has 2 rings (SSSR count). The summed E-state index contributed by atoms with van der Waals surface area (Å²) >= 11 is 0. The van der Waals surface area contributed by atoms with Gasteiger partial charge in [0.1, 0.15) is 0 Å². The Kier molecular flexibility index (Phi) is 2.82. The molecule has 1 saturated carbocycles. The van der Waals surface area contributed by atoms with E-state index in [1.54, 1.807) is 6.92 Å². The van der Waals surface area contributed by atoms with Crippen LogP contribution in [0, 0.1) is 6.92 Å². The van der Waals surface area contributed by atoms with Crippen LogP contribution in [0.1, 0.15) is 49.7 Å². The second kappa shape index (κ2) is 4.09. The molecule has 0 bridgehead atoms. The standard InChI is InChI=1S/C10H16N2O2/c1-7-11-10(14-12-7)8-5-3-2-4-6-9(8)13/h8-9,13H,2-6H2,1H3. The van der Waals surface area contributed by atoms with Crippen molar-refractivity contribution in [2.45, 2.75) is 51.0 Å². The largest absolute Gasteiger partial charge is 0.392 e. The third kappa shape index (κ3) is 1.95. The van der Waals surface area contributed by atoms with Crippen LogP contribution in [0.3, 0.4) is 0 Å². The molecule has 1 aliphatic carbocycles. The van der Waals surface area contributed by atoms with E-state index in [1.807, 2.05) is 0 Å². The lowest BCUT2D eigenvalue weighted by molar-refractivity contribution is 0.119. The molecule has 1 fully saturated rings. The van der Waals surface area contributed by atoms with Gasteiger partial charge in [-0.3, -0.25) is 0 Å². The van der Waals surface area contributed by atoms with E-state index in [0.717, 1.165) is 25.7 Å². The lowest BCUT2D eigenvalue weighted by atomic mass is 9.97. The molecule has 1 aromatic heterocycles. The van der Waals surface area contributed by atoms with Gasteiger partial charge in [-0.2, -0.15) is 4.98 Å². The Hall–Kier alpha value is -0.900. The molecular weight excluding hydrogens is 180 g/mol. The number of nitrogens with zero attached hydrogens (tertiary/aromatic N) is 2. The quantitative estimate of drug-likeness (QED) is 0.695. The Morgan fingerprint density at radius 2 is 2.07 bits per heavy atom. The van der Waals surface area contributed by atoms with Gasteiger partial charge < -0.3 is 9.63 Å². The second-order valence-electron chi connectivity index (χ2n) is 3.99. The van der Waals surface area contributed by atoms with Crippen LogP contribution in [0.25, 0.3) is 0 Å². The minimum absolute atomic E-state index is 0.0544. The lowest BCUT2D eigenvalue weighted by Crippen LogP contribution is -2.17. The van der Waals surface area contributed by atoms with Gasteiger partial charge in [-0.25, -0.2) is 0 Å².